The molecule has 0 amide bonds. The molecule has 1 heterocycles. The van der Waals surface area contributed by atoms with E-state index < -0.39 is 120 Å². The lowest BCUT2D eigenvalue weighted by atomic mass is 10.0. The summed E-state index contributed by atoms with van der Waals surface area (Å²) in [5, 5.41) is 21.7. The molecule has 5 aromatic carbocycles. The number of halogens is 1. The van der Waals surface area contributed by atoms with Gasteiger partial charge in [-0.2, -0.15) is 57.0 Å². The zero-order valence-corrected chi connectivity index (χ0v) is 34.1. The highest BCUT2D eigenvalue weighted by molar-refractivity contribution is 7.87. The Hall–Kier alpha value is -5.73. The van der Waals surface area contributed by atoms with Gasteiger partial charge in [-0.15, -0.1) is 10.2 Å². The Morgan fingerprint density at radius 1 is 0.600 bits per heavy atom. The van der Waals surface area contributed by atoms with Crippen LogP contribution in [0.2, 0.25) is 5.28 Å². The lowest BCUT2D eigenvalue weighted by Gasteiger charge is -2.15. The van der Waals surface area contributed by atoms with Gasteiger partial charge in [0.05, 0.1) is 31.4 Å². The summed E-state index contributed by atoms with van der Waals surface area (Å²) in [5.41, 5.74) is 4.88. The van der Waals surface area contributed by atoms with E-state index in [1.165, 1.54) is 19.1 Å². The molecule has 0 fully saturated rings. The zero-order chi connectivity index (χ0) is 44.5. The molecule has 0 aliphatic rings. The first-order valence-electron chi connectivity index (χ1n) is 15.6. The van der Waals surface area contributed by atoms with E-state index in [0.717, 1.165) is 24.3 Å². The Kier molecular flexibility index (Phi) is 11.0. The van der Waals surface area contributed by atoms with Crippen LogP contribution in [-0.2, 0) is 50.6 Å². The normalized spacial score (nSPS) is 13.0. The van der Waals surface area contributed by atoms with E-state index in [1.54, 1.807) is 0 Å². The number of nitrogens with zero attached hydrogens (tertiary/aromatic N) is 5. The number of hydrogen-bond donors (Lipinski definition) is 9. The number of rotatable bonds is 11. The maximum atomic E-state index is 12.5. The highest BCUT2D eigenvalue weighted by atomic mass is 35.5. The molecule has 0 bridgehead atoms. The molecule has 1 aromatic heterocycles. The minimum Gasteiger partial charge on any atom is -0.507 e. The van der Waals surface area contributed by atoms with E-state index in [2.05, 4.69) is 35.8 Å². The van der Waals surface area contributed by atoms with Crippen LogP contribution in [0.5, 0.6) is 5.75 Å². The van der Waals surface area contributed by atoms with Crippen molar-refractivity contribution in [3.63, 3.8) is 0 Å². The first-order valence-corrected chi connectivity index (χ1v) is 23.1. The van der Waals surface area contributed by atoms with Crippen LogP contribution in [0.1, 0.15) is 5.56 Å². The van der Waals surface area contributed by atoms with Crippen molar-refractivity contribution < 1.29 is 70.0 Å². The van der Waals surface area contributed by atoms with Gasteiger partial charge in [-0.1, -0.05) is 0 Å². The molecular formula is C30H23ClN8O16S5. The Balaban J connectivity index is 1.42. The molecule has 24 nitrogen and oxygen atoms in total. The number of benzene rings is 5. The predicted octanol–water partition coefficient (Wildman–Crippen LogP) is 4.56. The molecule has 60 heavy (non-hydrogen) atoms. The Morgan fingerprint density at radius 3 is 1.67 bits per heavy atom. The van der Waals surface area contributed by atoms with Gasteiger partial charge in [-0.3, -0.25) is 22.8 Å². The molecule has 0 atom stereocenters. The smallest absolute Gasteiger partial charge is 0.296 e. The van der Waals surface area contributed by atoms with Crippen LogP contribution >= 0.6 is 11.6 Å². The zero-order valence-electron chi connectivity index (χ0n) is 29.3. The first kappa shape index (κ1) is 43.8. The van der Waals surface area contributed by atoms with Gasteiger partial charge in [-0.25, -0.2) is 0 Å². The maximum absolute atomic E-state index is 12.5. The standard InChI is InChI=1S/C30H23ClN8O16S5/c1-12-4-13-5-17(57(44,45)46)10-21(40)25(13)27(26(12)32)39-38-19-3-2-15(8-22(19)59(50,51)52)33-29-35-28(31)36-30(37-29)34-20-9-16(56(41,42)43)6-14-7-18(58(47,48)49)11-23(24(14)20)60(53,54)55/h2-11,40H,32H2,1H3,(H,41,42,43)(H,44,45,46)(H,47,48,49)(H,50,51,52)(H,53,54,55)(H2,33,34,35,36,37). The molecule has 0 unspecified atom stereocenters. The van der Waals surface area contributed by atoms with Gasteiger partial charge in [-0.05, 0) is 89.5 Å². The molecule has 30 heteroatoms. The number of phenols is 1. The molecule has 0 saturated heterocycles. The van der Waals surface area contributed by atoms with Gasteiger partial charge in [0.2, 0.25) is 17.2 Å². The molecular weight excluding hydrogens is 924 g/mol. The predicted molar refractivity (Wildman–Crippen MR) is 210 cm³/mol. The number of nitrogens with two attached hydrogens (primary N) is 1. The van der Waals surface area contributed by atoms with Gasteiger partial charge in [0.15, 0.2) is 0 Å². The number of aromatic nitrogens is 3. The largest absolute Gasteiger partial charge is 0.507 e. The van der Waals surface area contributed by atoms with Gasteiger partial charge in [0.1, 0.15) is 26.9 Å². The molecule has 0 saturated carbocycles. The molecule has 0 radical (unpaired) electrons. The Labute approximate surface area is 342 Å². The number of azo groups is 1. The van der Waals surface area contributed by atoms with Crippen molar-refractivity contribution in [2.75, 3.05) is 16.4 Å². The molecule has 0 spiro atoms. The number of aromatic hydroxyl groups is 1. The van der Waals surface area contributed by atoms with Crippen molar-refractivity contribution in [1.29, 1.82) is 0 Å². The Morgan fingerprint density at radius 2 is 1.12 bits per heavy atom. The van der Waals surface area contributed by atoms with Crippen molar-refractivity contribution in [3.8, 4) is 5.75 Å². The SMILES string of the molecule is Cc1cc2cc(S(=O)(=O)O)cc(O)c2c(N=Nc2ccc(Nc3nc(Cl)nc(Nc4cc(S(=O)(=O)O)cc5cc(S(=O)(=O)O)cc(S(=O)(=O)O)c45)n3)cc2S(=O)(=O)O)c1N. The summed E-state index contributed by atoms with van der Waals surface area (Å²) in [7, 11) is -25.5. The number of anilines is 5. The third-order valence-electron chi connectivity index (χ3n) is 8.15. The van der Waals surface area contributed by atoms with Crippen LogP contribution in [-0.4, -0.2) is 84.9 Å². The lowest BCUT2D eigenvalue weighted by molar-refractivity contribution is 0.471. The third kappa shape index (κ3) is 9.19. The molecule has 0 aliphatic heterocycles. The average molecular weight is 947 g/mol. The minimum atomic E-state index is -5.34. The van der Waals surface area contributed by atoms with Crippen molar-refractivity contribution in [3.05, 3.63) is 71.5 Å². The van der Waals surface area contributed by atoms with Gasteiger partial charge in [0.25, 0.3) is 50.6 Å². The summed E-state index contributed by atoms with van der Waals surface area (Å²) in [4.78, 5) is 6.92. The fourth-order valence-corrected chi connectivity index (χ4v) is 8.86. The summed E-state index contributed by atoms with van der Waals surface area (Å²) in [5.74, 6) is -1.79. The van der Waals surface area contributed by atoms with Crippen molar-refractivity contribution >= 4 is 124 Å². The highest BCUT2D eigenvalue weighted by Gasteiger charge is 2.26. The molecule has 6 rings (SSSR count). The van der Waals surface area contributed by atoms with Crippen LogP contribution in [0.3, 0.4) is 0 Å². The van der Waals surface area contributed by atoms with E-state index in [4.69, 9.17) is 17.3 Å². The monoisotopic (exact) mass is 946 g/mol. The van der Waals surface area contributed by atoms with Crippen LogP contribution in [0.15, 0.2) is 95.4 Å². The van der Waals surface area contributed by atoms with Crippen LogP contribution < -0.4 is 16.4 Å². The van der Waals surface area contributed by atoms with E-state index in [0.29, 0.717) is 29.8 Å². The number of nitrogen functional groups attached to an aromatic ring is 1. The fourth-order valence-electron chi connectivity index (χ4n) is 5.60. The molecule has 6 aromatic rings. The molecule has 0 aliphatic carbocycles. The van der Waals surface area contributed by atoms with Crippen molar-refractivity contribution in [1.82, 2.24) is 15.0 Å². The first-order chi connectivity index (χ1) is 27.5. The van der Waals surface area contributed by atoms with Gasteiger partial charge >= 0.3 is 0 Å². The summed E-state index contributed by atoms with van der Waals surface area (Å²) in [6, 6.07) is 8.44. The summed E-state index contributed by atoms with van der Waals surface area (Å²) < 4.78 is 170. The van der Waals surface area contributed by atoms with Gasteiger partial charge < -0.3 is 21.5 Å². The minimum absolute atomic E-state index is 0.0483. The Bertz CT molecular complexity index is 3460. The second-order valence-corrected chi connectivity index (χ2v) is 19.6. The number of phenolic OH excluding ortho intramolecular Hbond substituents is 1. The topological polar surface area (TPSA) is 406 Å². The lowest BCUT2D eigenvalue weighted by Crippen LogP contribution is -2.09. The summed E-state index contributed by atoms with van der Waals surface area (Å²) in [6.45, 7) is 1.50. The number of aryl methyl sites for hydroxylation is 1. The number of fused-ring (bicyclic) bond motifs is 2. The number of hydrogen-bond acceptors (Lipinski definition) is 19. The van der Waals surface area contributed by atoms with Crippen LogP contribution in [0.25, 0.3) is 21.5 Å². The average Bonchev–Trinajstić information content (AvgIpc) is 3.09. The number of nitrogens with one attached hydrogen (secondary N) is 2. The van der Waals surface area contributed by atoms with Crippen molar-refractivity contribution in [2.45, 2.75) is 31.4 Å². The highest BCUT2D eigenvalue weighted by Crippen LogP contribution is 2.43. The molecule has 10 N–H and O–H groups in total. The van der Waals surface area contributed by atoms with Crippen LogP contribution in [0.4, 0.5) is 40.3 Å². The van der Waals surface area contributed by atoms with E-state index in [-0.39, 0.29) is 27.8 Å². The summed E-state index contributed by atoms with van der Waals surface area (Å²) >= 11 is 6.07. The molecule has 316 valence electrons. The third-order valence-corrected chi connectivity index (χ3v) is 12.6. The summed E-state index contributed by atoms with van der Waals surface area (Å²) in [6.07, 6.45) is 0. The maximum Gasteiger partial charge on any atom is 0.296 e. The van der Waals surface area contributed by atoms with E-state index in [1.807, 2.05) is 0 Å². The van der Waals surface area contributed by atoms with Crippen LogP contribution in [0, 0.1) is 6.92 Å². The van der Waals surface area contributed by atoms with Gasteiger partial charge in [0, 0.05) is 17.1 Å². The quantitative estimate of drug-likeness (QED) is 0.0488. The second-order valence-electron chi connectivity index (χ2n) is 12.2. The van der Waals surface area contributed by atoms with Crippen molar-refractivity contribution in [2.24, 2.45) is 10.2 Å². The fraction of sp³-hybridized carbons (Fsp3) is 0.0333. The van der Waals surface area contributed by atoms with E-state index >= 15 is 0 Å². The second kappa shape index (κ2) is 15.1. The van der Waals surface area contributed by atoms with E-state index in [9.17, 15) is 70.0 Å².